The number of nitrogens with one attached hydrogen (secondary N) is 2. The monoisotopic (exact) mass is 452 g/mol. The van der Waals surface area contributed by atoms with E-state index in [2.05, 4.69) is 15.3 Å². The summed E-state index contributed by atoms with van der Waals surface area (Å²) >= 11 is 1.62. The third kappa shape index (κ3) is 4.72. The van der Waals surface area contributed by atoms with Crippen LogP contribution in [0.1, 0.15) is 29.4 Å². The number of esters is 1. The van der Waals surface area contributed by atoms with Crippen molar-refractivity contribution in [2.75, 3.05) is 24.6 Å². The van der Waals surface area contributed by atoms with Crippen LogP contribution >= 0.6 is 11.3 Å². The maximum atomic E-state index is 12.7. The number of anilines is 1. The van der Waals surface area contributed by atoms with E-state index in [0.717, 1.165) is 16.3 Å². The molecule has 1 aliphatic rings. The third-order valence-electron chi connectivity index (χ3n) is 5.33. The Morgan fingerprint density at radius 2 is 2.09 bits per heavy atom. The van der Waals surface area contributed by atoms with Crippen LogP contribution in [0.15, 0.2) is 48.1 Å². The molecule has 2 N–H and O–H groups in total. The molecule has 3 heterocycles. The van der Waals surface area contributed by atoms with E-state index in [1.807, 2.05) is 17.5 Å². The van der Waals surface area contributed by atoms with Gasteiger partial charge in [-0.25, -0.2) is 9.78 Å². The second kappa shape index (κ2) is 9.78. The van der Waals surface area contributed by atoms with Crippen molar-refractivity contribution < 1.29 is 19.1 Å². The van der Waals surface area contributed by atoms with Crippen LogP contribution in [0.4, 0.5) is 5.69 Å². The summed E-state index contributed by atoms with van der Waals surface area (Å²) in [6.45, 7) is 2.82. The zero-order chi connectivity index (χ0) is 22.5. The number of thiophene rings is 1. The van der Waals surface area contributed by atoms with Crippen LogP contribution in [-0.4, -0.2) is 47.4 Å². The molecule has 8 nitrogen and oxygen atoms in total. The maximum Gasteiger partial charge on any atom is 0.338 e. The van der Waals surface area contributed by atoms with Gasteiger partial charge in [-0.2, -0.15) is 0 Å². The molecule has 3 aromatic rings. The van der Waals surface area contributed by atoms with Crippen LogP contribution in [0.2, 0.25) is 0 Å². The van der Waals surface area contributed by atoms with Gasteiger partial charge in [0.2, 0.25) is 11.8 Å². The van der Waals surface area contributed by atoms with Gasteiger partial charge in [-0.05, 0) is 42.6 Å². The lowest BCUT2D eigenvalue weighted by Gasteiger charge is -2.17. The lowest BCUT2D eigenvalue weighted by molar-refractivity contribution is -0.126. The molecule has 1 saturated heterocycles. The number of carbonyl (C=O) groups is 3. The fraction of sp³-hybridized carbons (Fsp3) is 0.304. The molecule has 4 rings (SSSR count). The van der Waals surface area contributed by atoms with Crippen LogP contribution in [0.5, 0.6) is 0 Å². The van der Waals surface area contributed by atoms with E-state index in [4.69, 9.17) is 4.74 Å². The zero-order valence-electron chi connectivity index (χ0n) is 17.7. The predicted octanol–water partition coefficient (Wildman–Crippen LogP) is 3.03. The van der Waals surface area contributed by atoms with Crippen LogP contribution in [-0.2, 0) is 20.7 Å². The summed E-state index contributed by atoms with van der Waals surface area (Å²) in [5.41, 5.74) is 2.97. The lowest BCUT2D eigenvalue weighted by Crippen LogP contribution is -2.34. The van der Waals surface area contributed by atoms with E-state index >= 15 is 0 Å². The molecule has 166 valence electrons. The average molecular weight is 453 g/mol. The van der Waals surface area contributed by atoms with Gasteiger partial charge in [0.25, 0.3) is 0 Å². The molecule has 0 radical (unpaired) electrons. The summed E-state index contributed by atoms with van der Waals surface area (Å²) in [4.78, 5) is 47.1. The Morgan fingerprint density at radius 1 is 1.28 bits per heavy atom. The number of H-pyrrole nitrogens is 1. The highest BCUT2D eigenvalue weighted by Crippen LogP contribution is 2.27. The van der Waals surface area contributed by atoms with Crippen molar-refractivity contribution in [2.45, 2.75) is 19.8 Å². The number of aromatic amines is 1. The van der Waals surface area contributed by atoms with Crippen molar-refractivity contribution in [3.05, 3.63) is 59.4 Å². The van der Waals surface area contributed by atoms with E-state index in [1.54, 1.807) is 53.8 Å². The Bertz CT molecular complexity index is 1090. The Morgan fingerprint density at radius 3 is 2.81 bits per heavy atom. The molecule has 1 aliphatic heterocycles. The Labute approximate surface area is 189 Å². The van der Waals surface area contributed by atoms with Crippen molar-refractivity contribution >= 4 is 34.8 Å². The second-order valence-electron chi connectivity index (χ2n) is 7.42. The fourth-order valence-electron chi connectivity index (χ4n) is 3.72. The van der Waals surface area contributed by atoms with Gasteiger partial charge in [-0.15, -0.1) is 11.3 Å². The molecule has 0 aliphatic carbocycles. The van der Waals surface area contributed by atoms with Crippen LogP contribution in [0.3, 0.4) is 0 Å². The standard InChI is InChI=1S/C23H24N4O4S/c1-2-31-23(30)15-5-7-17(8-6-15)27-13-16(12-20(27)28)22(29)24-10-9-18-21(26-14-25-18)19-4-3-11-32-19/h3-8,11,14,16H,2,9-10,12-13H2,1H3,(H,24,29)(H,25,26). The van der Waals surface area contributed by atoms with Crippen LogP contribution in [0.25, 0.3) is 10.6 Å². The minimum atomic E-state index is -0.411. The van der Waals surface area contributed by atoms with E-state index < -0.39 is 11.9 Å². The quantitative estimate of drug-likeness (QED) is 0.511. The van der Waals surface area contributed by atoms with Crippen LogP contribution < -0.4 is 10.2 Å². The van der Waals surface area contributed by atoms with Crippen molar-refractivity contribution in [3.63, 3.8) is 0 Å². The lowest BCUT2D eigenvalue weighted by atomic mass is 10.1. The second-order valence-corrected chi connectivity index (χ2v) is 8.37. The number of amides is 2. The van der Waals surface area contributed by atoms with E-state index in [-0.39, 0.29) is 18.2 Å². The summed E-state index contributed by atoms with van der Waals surface area (Å²) < 4.78 is 4.98. The van der Waals surface area contributed by atoms with Crippen molar-refractivity contribution in [3.8, 4) is 10.6 Å². The van der Waals surface area contributed by atoms with Gasteiger partial charge in [0.15, 0.2) is 0 Å². The van der Waals surface area contributed by atoms with Gasteiger partial charge in [0, 0.05) is 37.3 Å². The van der Waals surface area contributed by atoms with Gasteiger partial charge < -0.3 is 19.9 Å². The number of carbonyl (C=O) groups excluding carboxylic acids is 3. The van der Waals surface area contributed by atoms with Gasteiger partial charge in [0.05, 0.1) is 29.3 Å². The van der Waals surface area contributed by atoms with Crippen molar-refractivity contribution in [2.24, 2.45) is 5.92 Å². The highest BCUT2D eigenvalue weighted by atomic mass is 32.1. The molecule has 0 saturated carbocycles. The van der Waals surface area contributed by atoms with Gasteiger partial charge in [0.1, 0.15) is 5.69 Å². The highest BCUT2D eigenvalue weighted by molar-refractivity contribution is 7.13. The van der Waals surface area contributed by atoms with Gasteiger partial charge >= 0.3 is 5.97 Å². The molecule has 2 amide bonds. The number of hydrogen-bond acceptors (Lipinski definition) is 6. The Kier molecular flexibility index (Phi) is 6.65. The van der Waals surface area contributed by atoms with Crippen molar-refractivity contribution in [1.82, 2.24) is 15.3 Å². The first kappa shape index (κ1) is 21.8. The molecule has 9 heteroatoms. The Balaban J connectivity index is 1.31. The first-order valence-corrected chi connectivity index (χ1v) is 11.4. The smallest absolute Gasteiger partial charge is 0.338 e. The number of aromatic nitrogens is 2. The summed E-state index contributed by atoms with van der Waals surface area (Å²) in [6, 6.07) is 10.7. The molecule has 0 bridgehead atoms. The zero-order valence-corrected chi connectivity index (χ0v) is 18.5. The Hall–Kier alpha value is -3.46. The highest BCUT2D eigenvalue weighted by Gasteiger charge is 2.35. The van der Waals surface area contributed by atoms with Gasteiger partial charge in [-0.1, -0.05) is 6.07 Å². The normalized spacial score (nSPS) is 15.7. The summed E-state index contributed by atoms with van der Waals surface area (Å²) in [5, 5.41) is 4.95. The van der Waals surface area contributed by atoms with E-state index in [0.29, 0.717) is 37.4 Å². The van der Waals surface area contributed by atoms with E-state index in [1.165, 1.54) is 0 Å². The predicted molar refractivity (Wildman–Crippen MR) is 121 cm³/mol. The van der Waals surface area contributed by atoms with E-state index in [9.17, 15) is 14.4 Å². The molecule has 2 aromatic heterocycles. The molecular formula is C23H24N4O4S. The molecule has 1 unspecified atom stereocenters. The third-order valence-corrected chi connectivity index (χ3v) is 6.21. The van der Waals surface area contributed by atoms with Gasteiger partial charge in [-0.3, -0.25) is 9.59 Å². The molecule has 0 spiro atoms. The first-order chi connectivity index (χ1) is 15.6. The summed E-state index contributed by atoms with van der Waals surface area (Å²) in [6.07, 6.45) is 2.45. The summed E-state index contributed by atoms with van der Waals surface area (Å²) in [5.74, 6) is -1.06. The maximum absolute atomic E-state index is 12.7. The fourth-order valence-corrected chi connectivity index (χ4v) is 4.47. The molecule has 1 aromatic carbocycles. The largest absolute Gasteiger partial charge is 0.462 e. The molecule has 32 heavy (non-hydrogen) atoms. The minimum Gasteiger partial charge on any atom is -0.462 e. The average Bonchev–Trinajstić information content (AvgIpc) is 3.55. The SMILES string of the molecule is CCOC(=O)c1ccc(N2CC(C(=O)NCCc3[nH]cnc3-c3cccs3)CC2=O)cc1. The molecule has 1 fully saturated rings. The number of ether oxygens (including phenoxy) is 1. The number of hydrogen-bond donors (Lipinski definition) is 2. The number of benzene rings is 1. The molecular weight excluding hydrogens is 428 g/mol. The topological polar surface area (TPSA) is 104 Å². The summed E-state index contributed by atoms with van der Waals surface area (Å²) in [7, 11) is 0. The number of nitrogens with zero attached hydrogens (tertiary/aromatic N) is 2. The first-order valence-electron chi connectivity index (χ1n) is 10.5. The minimum absolute atomic E-state index is 0.109. The number of rotatable bonds is 8. The number of imidazole rings is 1. The molecule has 1 atom stereocenters. The van der Waals surface area contributed by atoms with Crippen molar-refractivity contribution in [1.29, 1.82) is 0 Å². The van der Waals surface area contributed by atoms with Crippen LogP contribution in [0, 0.1) is 5.92 Å².